The molecule has 0 fully saturated rings. The van der Waals surface area contributed by atoms with Gasteiger partial charge in [-0.1, -0.05) is 18.2 Å². The highest BCUT2D eigenvalue weighted by molar-refractivity contribution is 7.24. The molecule has 0 amide bonds. The van der Waals surface area contributed by atoms with Crippen LogP contribution in [0.3, 0.4) is 0 Å². The minimum Gasteiger partial charge on any atom is -0.289 e. The number of hydrogen-bond donors (Lipinski definition) is 0. The zero-order valence-corrected chi connectivity index (χ0v) is 12.6. The summed E-state index contributed by atoms with van der Waals surface area (Å²) in [5.41, 5.74) is 1.37. The summed E-state index contributed by atoms with van der Waals surface area (Å²) in [4.78, 5) is 12.6. The van der Waals surface area contributed by atoms with E-state index in [4.69, 9.17) is 11.6 Å². The molecule has 3 heteroatoms. The summed E-state index contributed by atoms with van der Waals surface area (Å²) in [7, 11) is 0. The van der Waals surface area contributed by atoms with Crippen molar-refractivity contribution in [3.8, 4) is 0 Å². The van der Waals surface area contributed by atoms with Gasteiger partial charge < -0.3 is 0 Å². The second-order valence-corrected chi connectivity index (χ2v) is 6.37. The van der Waals surface area contributed by atoms with E-state index in [0.29, 0.717) is 5.88 Å². The van der Waals surface area contributed by atoms with Gasteiger partial charge in [0.15, 0.2) is 5.43 Å². The van der Waals surface area contributed by atoms with Crippen LogP contribution in [0.2, 0.25) is 0 Å². The van der Waals surface area contributed by atoms with Gasteiger partial charge in [-0.05, 0) is 49.1 Å². The molecule has 1 heterocycles. The molecule has 20 heavy (non-hydrogen) atoms. The second kappa shape index (κ2) is 5.94. The van der Waals surface area contributed by atoms with Crippen molar-refractivity contribution in [2.75, 3.05) is 5.88 Å². The number of hydrogen-bond acceptors (Lipinski definition) is 2. The van der Waals surface area contributed by atoms with Crippen LogP contribution < -0.4 is 5.43 Å². The lowest BCUT2D eigenvalue weighted by molar-refractivity contribution is 0.800. The average Bonchev–Trinajstić information content (AvgIpc) is 2.48. The molecule has 0 aliphatic carbocycles. The third-order valence-corrected chi connectivity index (χ3v) is 4.91. The topological polar surface area (TPSA) is 17.1 Å². The molecule has 0 bridgehead atoms. The summed E-state index contributed by atoms with van der Waals surface area (Å²) in [6, 6.07) is 14.1. The fourth-order valence-corrected chi connectivity index (χ4v) is 3.67. The van der Waals surface area contributed by atoms with E-state index in [0.717, 1.165) is 39.4 Å². The molecular weight excluding hydrogens is 288 g/mol. The van der Waals surface area contributed by atoms with E-state index in [-0.39, 0.29) is 5.43 Å². The Balaban J connectivity index is 2.11. The Hall–Kier alpha value is -1.38. The normalized spacial score (nSPS) is 11.2. The highest BCUT2D eigenvalue weighted by Crippen LogP contribution is 2.25. The van der Waals surface area contributed by atoms with E-state index in [9.17, 15) is 4.79 Å². The Morgan fingerprint density at radius 2 is 1.75 bits per heavy atom. The van der Waals surface area contributed by atoms with E-state index in [2.05, 4.69) is 18.2 Å². The molecule has 0 saturated carbocycles. The van der Waals surface area contributed by atoms with Gasteiger partial charge in [-0.25, -0.2) is 0 Å². The summed E-state index contributed by atoms with van der Waals surface area (Å²) < 4.78 is 2.12. The number of rotatable bonds is 4. The summed E-state index contributed by atoms with van der Waals surface area (Å²) >= 11 is 7.39. The zero-order chi connectivity index (χ0) is 13.9. The molecule has 0 saturated heterocycles. The zero-order valence-electron chi connectivity index (χ0n) is 11.1. The summed E-state index contributed by atoms with van der Waals surface area (Å²) in [6.45, 7) is 0. The Kier molecular flexibility index (Phi) is 4.04. The first-order valence-corrected chi connectivity index (χ1v) is 8.15. The lowest BCUT2D eigenvalue weighted by Crippen LogP contribution is -2.01. The van der Waals surface area contributed by atoms with Crippen LogP contribution in [0.15, 0.2) is 47.3 Å². The molecule has 0 atom stereocenters. The van der Waals surface area contributed by atoms with Crippen molar-refractivity contribution >= 4 is 43.1 Å². The molecular formula is C17H15ClOS. The van der Waals surface area contributed by atoms with E-state index in [1.54, 1.807) is 11.3 Å². The summed E-state index contributed by atoms with van der Waals surface area (Å²) in [5, 5.41) is 1.67. The highest BCUT2D eigenvalue weighted by atomic mass is 35.5. The van der Waals surface area contributed by atoms with Crippen LogP contribution >= 0.6 is 22.9 Å². The maximum Gasteiger partial charge on any atom is 0.195 e. The quantitative estimate of drug-likeness (QED) is 0.377. The Morgan fingerprint density at radius 3 is 2.60 bits per heavy atom. The van der Waals surface area contributed by atoms with Crippen LogP contribution in [0.25, 0.3) is 20.2 Å². The Bertz CT molecular complexity index is 807. The number of aryl methyl sites for hydroxylation is 1. The lowest BCUT2D eigenvalue weighted by Gasteiger charge is -2.04. The van der Waals surface area contributed by atoms with Gasteiger partial charge >= 0.3 is 0 Å². The number of unbranched alkanes of at least 4 members (excludes halogenated alkanes) is 1. The van der Waals surface area contributed by atoms with Gasteiger partial charge in [0.25, 0.3) is 0 Å². The SMILES string of the molecule is O=c1c2ccccc2sc2ccc(CCCCCl)cc12. The minimum atomic E-state index is 0.147. The molecule has 0 spiro atoms. The monoisotopic (exact) mass is 302 g/mol. The van der Waals surface area contributed by atoms with Crippen molar-refractivity contribution in [1.29, 1.82) is 0 Å². The molecule has 2 aromatic carbocycles. The van der Waals surface area contributed by atoms with Crippen molar-refractivity contribution in [2.24, 2.45) is 0 Å². The predicted octanol–water partition coefficient (Wildman–Crippen LogP) is 4.98. The smallest absolute Gasteiger partial charge is 0.195 e. The molecule has 0 aliphatic heterocycles. The minimum absolute atomic E-state index is 0.147. The maximum atomic E-state index is 12.6. The van der Waals surface area contributed by atoms with Gasteiger partial charge in [-0.15, -0.1) is 22.9 Å². The molecule has 0 N–H and O–H groups in total. The van der Waals surface area contributed by atoms with Gasteiger partial charge in [0.05, 0.1) is 0 Å². The van der Waals surface area contributed by atoms with Gasteiger partial charge in [0.1, 0.15) is 0 Å². The van der Waals surface area contributed by atoms with E-state index < -0.39 is 0 Å². The van der Waals surface area contributed by atoms with Crippen LogP contribution in [0.5, 0.6) is 0 Å². The standard InChI is InChI=1S/C17H15ClOS/c18-10-4-3-5-12-8-9-16-14(11-12)17(19)13-6-1-2-7-15(13)20-16/h1-2,6-9,11H,3-5,10H2. The number of alkyl halides is 1. The molecule has 1 nitrogen and oxygen atoms in total. The summed E-state index contributed by atoms with van der Waals surface area (Å²) in [5.74, 6) is 0.701. The Morgan fingerprint density at radius 1 is 0.950 bits per heavy atom. The van der Waals surface area contributed by atoms with Crippen LogP contribution in [0.1, 0.15) is 18.4 Å². The van der Waals surface area contributed by atoms with Gasteiger partial charge in [0.2, 0.25) is 0 Å². The van der Waals surface area contributed by atoms with E-state index >= 15 is 0 Å². The average molecular weight is 303 g/mol. The Labute approximate surface area is 126 Å². The molecule has 0 aliphatic rings. The number of fused-ring (bicyclic) bond motifs is 2. The first kappa shape index (κ1) is 13.6. The van der Waals surface area contributed by atoms with Crippen molar-refractivity contribution in [1.82, 2.24) is 0 Å². The fourth-order valence-electron chi connectivity index (χ4n) is 2.43. The van der Waals surface area contributed by atoms with Crippen LogP contribution in [0.4, 0.5) is 0 Å². The number of halogens is 1. The maximum absolute atomic E-state index is 12.6. The van der Waals surface area contributed by atoms with Crippen molar-refractivity contribution in [2.45, 2.75) is 19.3 Å². The van der Waals surface area contributed by atoms with Crippen LogP contribution in [0, 0.1) is 0 Å². The van der Waals surface area contributed by atoms with Gasteiger partial charge in [-0.3, -0.25) is 4.79 Å². The van der Waals surface area contributed by atoms with Gasteiger partial charge in [0, 0.05) is 26.1 Å². The molecule has 0 radical (unpaired) electrons. The van der Waals surface area contributed by atoms with Gasteiger partial charge in [-0.2, -0.15) is 0 Å². The molecule has 1 aromatic heterocycles. The predicted molar refractivity (Wildman–Crippen MR) is 89.3 cm³/mol. The van der Waals surface area contributed by atoms with Crippen LogP contribution in [-0.4, -0.2) is 5.88 Å². The van der Waals surface area contributed by atoms with Crippen molar-refractivity contribution in [3.05, 3.63) is 58.3 Å². The van der Waals surface area contributed by atoms with Crippen molar-refractivity contribution < 1.29 is 0 Å². The van der Waals surface area contributed by atoms with Crippen molar-refractivity contribution in [3.63, 3.8) is 0 Å². The second-order valence-electron chi connectivity index (χ2n) is 4.90. The van der Waals surface area contributed by atoms with Crippen LogP contribution in [-0.2, 0) is 6.42 Å². The first-order valence-electron chi connectivity index (χ1n) is 6.80. The largest absolute Gasteiger partial charge is 0.289 e. The molecule has 3 aromatic rings. The lowest BCUT2D eigenvalue weighted by atomic mass is 10.1. The molecule has 102 valence electrons. The van der Waals surface area contributed by atoms with E-state index in [1.807, 2.05) is 24.3 Å². The molecule has 3 rings (SSSR count). The highest BCUT2D eigenvalue weighted by Gasteiger charge is 2.06. The molecule has 0 unspecified atom stereocenters. The first-order chi connectivity index (χ1) is 9.79. The number of benzene rings is 2. The van der Waals surface area contributed by atoms with E-state index in [1.165, 1.54) is 5.56 Å². The fraction of sp³-hybridized carbons (Fsp3) is 0.235. The summed E-state index contributed by atoms with van der Waals surface area (Å²) in [6.07, 6.45) is 3.07. The third kappa shape index (κ3) is 2.58. The third-order valence-electron chi connectivity index (χ3n) is 3.49.